The van der Waals surface area contributed by atoms with Crippen molar-refractivity contribution in [2.45, 2.75) is 0 Å². The van der Waals surface area contributed by atoms with E-state index in [1.807, 2.05) is 24.3 Å². The minimum Gasteiger partial charge on any atom is -0.399 e. The van der Waals surface area contributed by atoms with Gasteiger partial charge in [0.1, 0.15) is 0 Å². The summed E-state index contributed by atoms with van der Waals surface area (Å²) in [5, 5.41) is 2.94. The Kier molecular flexibility index (Phi) is 2.40. The third-order valence-electron chi connectivity index (χ3n) is 1.18. The predicted octanol–water partition coefficient (Wildman–Crippen LogP) is 1.88. The molecule has 0 aliphatic carbocycles. The summed E-state index contributed by atoms with van der Waals surface area (Å²) in [6.45, 7) is 0. The van der Waals surface area contributed by atoms with Crippen LogP contribution in [0.3, 0.4) is 0 Å². The molecule has 3 heteroatoms. The van der Waals surface area contributed by atoms with Gasteiger partial charge in [0.2, 0.25) is 0 Å². The number of nitrogen functional groups attached to an aromatic ring is 1. The summed E-state index contributed by atoms with van der Waals surface area (Å²) in [6, 6.07) is 7.85. The molecule has 2 nitrogen and oxygen atoms in total. The molecule has 0 aromatic heterocycles. The van der Waals surface area contributed by atoms with Gasteiger partial charge in [-0.05, 0) is 24.3 Å². The normalized spacial score (nSPS) is 9.30. The van der Waals surface area contributed by atoms with E-state index in [-0.39, 0.29) is 0 Å². The molecule has 0 aliphatic heterocycles. The minimum absolute atomic E-state index is 0.421. The summed E-state index contributed by atoms with van der Waals surface area (Å²) < 4.78 is 0. The molecule has 0 amide bonds. The van der Waals surface area contributed by atoms with E-state index in [1.54, 1.807) is 0 Å². The number of nitrogens with two attached hydrogens (primary N) is 1. The monoisotopic (exact) mass is 156 g/mol. The topological polar surface area (TPSA) is 38.0 Å². The van der Waals surface area contributed by atoms with Gasteiger partial charge in [0, 0.05) is 11.4 Å². The van der Waals surface area contributed by atoms with Crippen LogP contribution in [-0.4, -0.2) is 6.00 Å². The van der Waals surface area contributed by atoms with Crippen molar-refractivity contribution in [1.82, 2.24) is 0 Å². The molecule has 0 atom stereocenters. The first-order valence-corrected chi connectivity index (χ1v) is 3.52. The van der Waals surface area contributed by atoms with Crippen molar-refractivity contribution in [1.29, 1.82) is 0 Å². The van der Waals surface area contributed by atoms with Crippen LogP contribution in [0, 0.1) is 0 Å². The molecule has 0 unspecified atom stereocenters. The van der Waals surface area contributed by atoms with Crippen molar-refractivity contribution in [3.05, 3.63) is 24.3 Å². The molecule has 0 heterocycles. The molecule has 0 fully saturated rings. The Labute approximate surface area is 65.0 Å². The molecule has 54 valence electrons. The van der Waals surface area contributed by atoms with Crippen LogP contribution in [0.1, 0.15) is 0 Å². The zero-order valence-corrected chi connectivity index (χ0v) is 6.23. The van der Waals surface area contributed by atoms with E-state index in [4.69, 9.17) is 17.3 Å². The number of hydrogen-bond acceptors (Lipinski definition) is 2. The Morgan fingerprint density at radius 1 is 1.30 bits per heavy atom. The van der Waals surface area contributed by atoms with E-state index in [1.165, 1.54) is 0 Å². The maximum atomic E-state index is 5.46. The number of hydrogen-bond donors (Lipinski definition) is 2. The SMILES string of the molecule is Nc1ccc(NCCl)cc1. The molecule has 1 aromatic rings. The van der Waals surface area contributed by atoms with Crippen LogP contribution in [0.25, 0.3) is 0 Å². The summed E-state index contributed by atoms with van der Waals surface area (Å²) in [6.07, 6.45) is 0. The van der Waals surface area contributed by atoms with Crippen molar-refractivity contribution in [3.63, 3.8) is 0 Å². The van der Waals surface area contributed by atoms with Crippen LogP contribution in [0.4, 0.5) is 11.4 Å². The predicted molar refractivity (Wildman–Crippen MR) is 45.2 cm³/mol. The van der Waals surface area contributed by atoms with Gasteiger partial charge in [-0.25, -0.2) is 0 Å². The van der Waals surface area contributed by atoms with E-state index in [2.05, 4.69) is 5.32 Å². The second-order valence-electron chi connectivity index (χ2n) is 1.93. The van der Waals surface area contributed by atoms with Crippen LogP contribution in [0.15, 0.2) is 24.3 Å². The zero-order valence-electron chi connectivity index (χ0n) is 5.47. The molecule has 1 rings (SSSR count). The molecule has 3 N–H and O–H groups in total. The van der Waals surface area contributed by atoms with Gasteiger partial charge in [-0.2, -0.15) is 0 Å². The van der Waals surface area contributed by atoms with Crippen molar-refractivity contribution in [2.24, 2.45) is 0 Å². The van der Waals surface area contributed by atoms with Gasteiger partial charge in [-0.3, -0.25) is 0 Å². The fourth-order valence-electron chi connectivity index (χ4n) is 0.678. The highest BCUT2D eigenvalue weighted by Gasteiger charge is 1.87. The lowest BCUT2D eigenvalue weighted by Crippen LogP contribution is -1.93. The number of alkyl halides is 1. The van der Waals surface area contributed by atoms with Gasteiger partial charge in [0.15, 0.2) is 0 Å². The third kappa shape index (κ3) is 1.81. The first kappa shape index (κ1) is 7.22. The summed E-state index contributed by atoms with van der Waals surface area (Å²) in [5.74, 6) is 0. The van der Waals surface area contributed by atoms with Gasteiger partial charge in [0.25, 0.3) is 0 Å². The first-order valence-electron chi connectivity index (χ1n) is 2.98. The number of anilines is 2. The van der Waals surface area contributed by atoms with Crippen LogP contribution >= 0.6 is 11.6 Å². The molecule has 0 saturated heterocycles. The molecule has 0 saturated carbocycles. The Morgan fingerprint density at radius 3 is 2.40 bits per heavy atom. The van der Waals surface area contributed by atoms with E-state index in [0.717, 1.165) is 11.4 Å². The minimum atomic E-state index is 0.421. The van der Waals surface area contributed by atoms with Crippen molar-refractivity contribution >= 4 is 23.0 Å². The zero-order chi connectivity index (χ0) is 7.40. The number of benzene rings is 1. The molecule has 0 spiro atoms. The van der Waals surface area contributed by atoms with Gasteiger partial charge in [-0.15, -0.1) is 11.6 Å². The summed E-state index contributed by atoms with van der Waals surface area (Å²) in [4.78, 5) is 0. The number of rotatable bonds is 2. The molecular formula is C7H9ClN2. The maximum Gasteiger partial charge on any atom is 0.0901 e. The highest BCUT2D eigenvalue weighted by Crippen LogP contribution is 2.09. The Balaban J connectivity index is 2.69. The van der Waals surface area contributed by atoms with Gasteiger partial charge in [0.05, 0.1) is 6.00 Å². The van der Waals surface area contributed by atoms with Crippen LogP contribution in [0.5, 0.6) is 0 Å². The summed E-state index contributed by atoms with van der Waals surface area (Å²) in [5.41, 5.74) is 7.22. The lowest BCUT2D eigenvalue weighted by atomic mass is 10.3. The third-order valence-corrected chi connectivity index (χ3v) is 1.32. The molecule has 10 heavy (non-hydrogen) atoms. The number of halogens is 1. The average Bonchev–Trinajstić information content (AvgIpc) is 1.95. The van der Waals surface area contributed by atoms with Crippen molar-refractivity contribution in [2.75, 3.05) is 17.1 Å². The van der Waals surface area contributed by atoms with Gasteiger partial charge in [-0.1, -0.05) is 0 Å². The smallest absolute Gasteiger partial charge is 0.0901 e. The first-order chi connectivity index (χ1) is 4.83. The lowest BCUT2D eigenvalue weighted by Gasteiger charge is -2.00. The lowest BCUT2D eigenvalue weighted by molar-refractivity contribution is 1.45. The molecule has 1 aromatic carbocycles. The van der Waals surface area contributed by atoms with Crippen LogP contribution < -0.4 is 11.1 Å². The fraction of sp³-hybridized carbons (Fsp3) is 0.143. The average molecular weight is 157 g/mol. The van der Waals surface area contributed by atoms with E-state index < -0.39 is 0 Å². The second-order valence-corrected chi connectivity index (χ2v) is 2.20. The summed E-state index contributed by atoms with van der Waals surface area (Å²) >= 11 is 5.43. The van der Waals surface area contributed by atoms with Crippen LogP contribution in [0.2, 0.25) is 0 Å². The summed E-state index contributed by atoms with van der Waals surface area (Å²) in [7, 11) is 0. The fourth-order valence-corrected chi connectivity index (χ4v) is 0.832. The highest BCUT2D eigenvalue weighted by molar-refractivity contribution is 6.18. The van der Waals surface area contributed by atoms with Crippen molar-refractivity contribution in [3.8, 4) is 0 Å². The Morgan fingerprint density at radius 2 is 1.90 bits per heavy atom. The Bertz CT molecular complexity index is 195. The quantitative estimate of drug-likeness (QED) is 0.390. The molecule has 0 radical (unpaired) electrons. The van der Waals surface area contributed by atoms with Gasteiger partial charge < -0.3 is 11.1 Å². The standard InChI is InChI=1S/C7H9ClN2/c8-5-10-7-3-1-6(9)2-4-7/h1-4,10H,5,9H2. The molecular weight excluding hydrogens is 148 g/mol. The Hall–Kier alpha value is -0.890. The highest BCUT2D eigenvalue weighted by atomic mass is 35.5. The maximum absolute atomic E-state index is 5.46. The molecule has 0 bridgehead atoms. The van der Waals surface area contributed by atoms with Crippen molar-refractivity contribution < 1.29 is 0 Å². The van der Waals surface area contributed by atoms with E-state index in [9.17, 15) is 0 Å². The largest absolute Gasteiger partial charge is 0.399 e. The second kappa shape index (κ2) is 3.32. The van der Waals surface area contributed by atoms with E-state index in [0.29, 0.717) is 6.00 Å². The number of nitrogens with one attached hydrogen (secondary N) is 1. The molecule has 0 aliphatic rings. The van der Waals surface area contributed by atoms with E-state index >= 15 is 0 Å². The van der Waals surface area contributed by atoms with Gasteiger partial charge >= 0.3 is 0 Å². The van der Waals surface area contributed by atoms with Crippen LogP contribution in [-0.2, 0) is 0 Å².